The van der Waals surface area contributed by atoms with Gasteiger partial charge in [0, 0.05) is 13.2 Å². The van der Waals surface area contributed by atoms with E-state index in [0.717, 1.165) is 5.56 Å². The molecule has 1 rings (SSSR count). The lowest BCUT2D eigenvalue weighted by molar-refractivity contribution is 0.235. The predicted octanol–water partition coefficient (Wildman–Crippen LogP) is 2.19. The molecule has 1 aromatic carbocycles. The molecule has 0 aliphatic carbocycles. The van der Waals surface area contributed by atoms with Crippen LogP contribution in [0.2, 0.25) is 0 Å². The molecule has 0 heterocycles. The van der Waals surface area contributed by atoms with Gasteiger partial charge in [0.25, 0.3) is 0 Å². The fourth-order valence-corrected chi connectivity index (χ4v) is 1.84. The van der Waals surface area contributed by atoms with Crippen LogP contribution in [0.1, 0.15) is 36.1 Å². The largest absolute Gasteiger partial charge is 0.396 e. The smallest absolute Gasteiger partial charge is 0.315 e. The first-order chi connectivity index (χ1) is 8.95. The topological polar surface area (TPSA) is 61.4 Å². The standard InChI is InChI=1S/C14H21FN2O2/c1-9-7-12(8-10(2)13(9)15)11(3)17-14(19)16-5-4-6-18/h7-8,11,18H,4-6H2,1-3H3,(H2,16,17,19). The Hall–Kier alpha value is -1.62. The van der Waals surface area contributed by atoms with Crippen molar-refractivity contribution in [2.24, 2.45) is 0 Å². The van der Waals surface area contributed by atoms with Crippen LogP contribution in [-0.2, 0) is 0 Å². The maximum atomic E-state index is 13.5. The quantitative estimate of drug-likeness (QED) is 0.717. The van der Waals surface area contributed by atoms with Gasteiger partial charge in [-0.1, -0.05) is 12.1 Å². The second kappa shape index (κ2) is 7.09. The first-order valence-electron chi connectivity index (χ1n) is 6.37. The molecule has 1 atom stereocenters. The van der Waals surface area contributed by atoms with E-state index in [1.165, 1.54) is 0 Å². The molecule has 0 aromatic heterocycles. The van der Waals surface area contributed by atoms with Crippen molar-refractivity contribution >= 4 is 6.03 Å². The summed E-state index contributed by atoms with van der Waals surface area (Å²) in [5, 5.41) is 14.0. The van der Waals surface area contributed by atoms with Gasteiger partial charge in [0.1, 0.15) is 5.82 Å². The molecule has 1 unspecified atom stereocenters. The number of aliphatic hydroxyl groups is 1. The van der Waals surface area contributed by atoms with E-state index in [0.29, 0.717) is 24.1 Å². The van der Waals surface area contributed by atoms with E-state index in [9.17, 15) is 9.18 Å². The molecule has 0 radical (unpaired) electrons. The zero-order valence-corrected chi connectivity index (χ0v) is 11.6. The second-order valence-corrected chi connectivity index (χ2v) is 4.67. The molecule has 106 valence electrons. The summed E-state index contributed by atoms with van der Waals surface area (Å²) >= 11 is 0. The summed E-state index contributed by atoms with van der Waals surface area (Å²) in [4.78, 5) is 11.6. The SMILES string of the molecule is Cc1cc(C(C)NC(=O)NCCCO)cc(C)c1F. The van der Waals surface area contributed by atoms with Crippen LogP contribution in [0.15, 0.2) is 12.1 Å². The molecule has 2 amide bonds. The molecular formula is C14H21FN2O2. The van der Waals surface area contributed by atoms with Crippen LogP contribution in [0.5, 0.6) is 0 Å². The van der Waals surface area contributed by atoms with Crippen molar-refractivity contribution in [2.45, 2.75) is 33.2 Å². The number of hydrogen-bond donors (Lipinski definition) is 3. The first-order valence-corrected chi connectivity index (χ1v) is 6.37. The minimum Gasteiger partial charge on any atom is -0.396 e. The number of amides is 2. The minimum absolute atomic E-state index is 0.0478. The van der Waals surface area contributed by atoms with Gasteiger partial charge < -0.3 is 15.7 Å². The molecule has 0 fully saturated rings. The number of nitrogens with one attached hydrogen (secondary N) is 2. The van der Waals surface area contributed by atoms with E-state index in [1.807, 2.05) is 6.92 Å². The van der Waals surface area contributed by atoms with Crippen molar-refractivity contribution in [3.63, 3.8) is 0 Å². The van der Waals surface area contributed by atoms with Gasteiger partial charge in [0.05, 0.1) is 6.04 Å². The average molecular weight is 268 g/mol. The molecule has 5 heteroatoms. The summed E-state index contributed by atoms with van der Waals surface area (Å²) in [6.45, 7) is 5.74. The number of aryl methyl sites for hydroxylation is 2. The van der Waals surface area contributed by atoms with Gasteiger partial charge in [-0.05, 0) is 43.9 Å². The molecular weight excluding hydrogens is 247 g/mol. The fraction of sp³-hybridized carbons (Fsp3) is 0.500. The van der Waals surface area contributed by atoms with Gasteiger partial charge in [-0.3, -0.25) is 0 Å². The van der Waals surface area contributed by atoms with E-state index in [1.54, 1.807) is 26.0 Å². The predicted molar refractivity (Wildman–Crippen MR) is 72.5 cm³/mol. The highest BCUT2D eigenvalue weighted by atomic mass is 19.1. The van der Waals surface area contributed by atoms with Gasteiger partial charge >= 0.3 is 6.03 Å². The van der Waals surface area contributed by atoms with Crippen molar-refractivity contribution in [3.05, 3.63) is 34.6 Å². The first kappa shape index (κ1) is 15.4. The maximum absolute atomic E-state index is 13.5. The molecule has 4 nitrogen and oxygen atoms in total. The van der Waals surface area contributed by atoms with Crippen LogP contribution in [0.25, 0.3) is 0 Å². The lowest BCUT2D eigenvalue weighted by Gasteiger charge is -2.16. The van der Waals surface area contributed by atoms with Crippen LogP contribution in [0, 0.1) is 19.7 Å². The molecule has 1 aromatic rings. The normalized spacial score (nSPS) is 12.1. The third kappa shape index (κ3) is 4.52. The molecule has 0 aliphatic rings. The van der Waals surface area contributed by atoms with Gasteiger partial charge in [-0.15, -0.1) is 0 Å². The molecule has 0 saturated heterocycles. The monoisotopic (exact) mass is 268 g/mol. The summed E-state index contributed by atoms with van der Waals surface area (Å²) in [7, 11) is 0. The Morgan fingerprint density at radius 3 is 2.47 bits per heavy atom. The van der Waals surface area contributed by atoms with Crippen molar-refractivity contribution < 1.29 is 14.3 Å². The second-order valence-electron chi connectivity index (χ2n) is 4.67. The molecule has 0 bridgehead atoms. The van der Waals surface area contributed by atoms with Gasteiger partial charge in [0.2, 0.25) is 0 Å². The number of hydrogen-bond acceptors (Lipinski definition) is 2. The van der Waals surface area contributed by atoms with Crippen molar-refractivity contribution in [3.8, 4) is 0 Å². The highest BCUT2D eigenvalue weighted by Crippen LogP contribution is 2.19. The van der Waals surface area contributed by atoms with Crippen molar-refractivity contribution in [1.29, 1.82) is 0 Å². The Labute approximate surface area is 113 Å². The van der Waals surface area contributed by atoms with Crippen LogP contribution < -0.4 is 10.6 Å². The van der Waals surface area contributed by atoms with E-state index < -0.39 is 0 Å². The average Bonchev–Trinajstić information content (AvgIpc) is 2.35. The number of rotatable bonds is 5. The van der Waals surface area contributed by atoms with E-state index in [-0.39, 0.29) is 24.5 Å². The lowest BCUT2D eigenvalue weighted by Crippen LogP contribution is -2.37. The summed E-state index contributed by atoms with van der Waals surface area (Å²) in [5.74, 6) is -0.205. The number of benzene rings is 1. The minimum atomic E-state index is -0.291. The van der Waals surface area contributed by atoms with Gasteiger partial charge in [0.15, 0.2) is 0 Å². The highest BCUT2D eigenvalue weighted by molar-refractivity contribution is 5.74. The number of aliphatic hydroxyl groups excluding tert-OH is 1. The van der Waals surface area contributed by atoms with Crippen LogP contribution in [-0.4, -0.2) is 24.3 Å². The molecule has 3 N–H and O–H groups in total. The number of carbonyl (C=O) groups is 1. The Morgan fingerprint density at radius 1 is 1.37 bits per heavy atom. The van der Waals surface area contributed by atoms with Gasteiger partial charge in [-0.2, -0.15) is 0 Å². The van der Waals surface area contributed by atoms with Crippen molar-refractivity contribution in [1.82, 2.24) is 10.6 Å². The van der Waals surface area contributed by atoms with E-state index in [4.69, 9.17) is 5.11 Å². The summed E-state index contributed by atoms with van der Waals surface area (Å²) in [6, 6.07) is 2.98. The summed E-state index contributed by atoms with van der Waals surface area (Å²) in [6.07, 6.45) is 0.524. The molecule has 0 aliphatic heterocycles. The van der Waals surface area contributed by atoms with E-state index in [2.05, 4.69) is 10.6 Å². The van der Waals surface area contributed by atoms with E-state index >= 15 is 0 Å². The molecule has 19 heavy (non-hydrogen) atoms. The summed E-state index contributed by atoms with van der Waals surface area (Å²) < 4.78 is 13.5. The zero-order valence-electron chi connectivity index (χ0n) is 11.6. The Bertz CT molecular complexity index is 426. The van der Waals surface area contributed by atoms with Crippen LogP contribution >= 0.6 is 0 Å². The number of carbonyl (C=O) groups excluding carboxylic acids is 1. The number of halogens is 1. The van der Waals surface area contributed by atoms with Crippen LogP contribution in [0.3, 0.4) is 0 Å². The fourth-order valence-electron chi connectivity index (χ4n) is 1.84. The maximum Gasteiger partial charge on any atom is 0.315 e. The van der Waals surface area contributed by atoms with Crippen LogP contribution in [0.4, 0.5) is 9.18 Å². The third-order valence-corrected chi connectivity index (χ3v) is 2.93. The lowest BCUT2D eigenvalue weighted by atomic mass is 10.0. The van der Waals surface area contributed by atoms with Crippen molar-refractivity contribution in [2.75, 3.05) is 13.2 Å². The Morgan fingerprint density at radius 2 is 1.95 bits per heavy atom. The van der Waals surface area contributed by atoms with Gasteiger partial charge in [-0.25, -0.2) is 9.18 Å². The highest BCUT2D eigenvalue weighted by Gasteiger charge is 2.12. The molecule has 0 saturated carbocycles. The Balaban J connectivity index is 2.63. The summed E-state index contributed by atoms with van der Waals surface area (Å²) in [5.41, 5.74) is 2.02. The zero-order chi connectivity index (χ0) is 14.4. The molecule has 0 spiro atoms. The third-order valence-electron chi connectivity index (χ3n) is 2.93. The Kier molecular flexibility index (Phi) is 5.76. The number of urea groups is 1.